The number of carbonyl (C=O) groups excluding carboxylic acids is 1. The average molecular weight is 208 g/mol. The molecule has 0 aliphatic heterocycles. The van der Waals surface area contributed by atoms with Crippen LogP contribution in [0.2, 0.25) is 0 Å². The number of Topliss-reactive ketones (excluding diaryl/α,β-unsaturated/α-hetero) is 1. The first-order chi connectivity index (χ1) is 7.34. The van der Waals surface area contributed by atoms with Crippen LogP contribution in [0.15, 0.2) is 18.6 Å². The van der Waals surface area contributed by atoms with E-state index in [4.69, 9.17) is 4.74 Å². The van der Waals surface area contributed by atoms with Crippen molar-refractivity contribution in [2.75, 3.05) is 13.2 Å². The summed E-state index contributed by atoms with van der Waals surface area (Å²) >= 11 is 0. The van der Waals surface area contributed by atoms with Crippen LogP contribution < -0.4 is 0 Å². The summed E-state index contributed by atoms with van der Waals surface area (Å²) in [5.41, 5.74) is 0.414. The molecule has 0 spiro atoms. The lowest BCUT2D eigenvalue weighted by Crippen LogP contribution is -2.07. The van der Waals surface area contributed by atoms with Gasteiger partial charge in [-0.05, 0) is 6.42 Å². The zero-order chi connectivity index (χ0) is 10.9. The molecule has 0 radical (unpaired) electrons. The van der Waals surface area contributed by atoms with Gasteiger partial charge in [0.25, 0.3) is 0 Å². The lowest BCUT2D eigenvalue weighted by atomic mass is 10.2. The van der Waals surface area contributed by atoms with E-state index >= 15 is 0 Å². The van der Waals surface area contributed by atoms with Crippen LogP contribution in [0.1, 0.15) is 36.7 Å². The van der Waals surface area contributed by atoms with E-state index in [2.05, 4.69) is 16.9 Å². The van der Waals surface area contributed by atoms with E-state index in [0.717, 1.165) is 19.4 Å². The molecule has 0 fully saturated rings. The molecule has 0 atom stereocenters. The Balaban J connectivity index is 2.20. The van der Waals surface area contributed by atoms with Crippen molar-refractivity contribution in [3.63, 3.8) is 0 Å². The van der Waals surface area contributed by atoms with Gasteiger partial charge in [0.1, 0.15) is 5.69 Å². The summed E-state index contributed by atoms with van der Waals surface area (Å²) in [4.78, 5) is 19.3. The van der Waals surface area contributed by atoms with Crippen molar-refractivity contribution < 1.29 is 9.53 Å². The maximum absolute atomic E-state index is 11.5. The Kier molecular flexibility index (Phi) is 5.55. The Morgan fingerprint density at radius 3 is 2.93 bits per heavy atom. The van der Waals surface area contributed by atoms with Crippen LogP contribution in [0.3, 0.4) is 0 Å². The molecule has 0 amide bonds. The summed E-state index contributed by atoms with van der Waals surface area (Å²) in [5.74, 6) is -0.0143. The predicted molar refractivity (Wildman–Crippen MR) is 56.7 cm³/mol. The third-order valence-corrected chi connectivity index (χ3v) is 1.96. The van der Waals surface area contributed by atoms with Crippen LogP contribution in [-0.4, -0.2) is 29.0 Å². The molecule has 0 aliphatic rings. The highest BCUT2D eigenvalue weighted by Crippen LogP contribution is 1.98. The molecule has 1 heterocycles. The molecule has 0 aromatic carbocycles. The molecule has 1 aromatic rings. The standard InChI is InChI=1S/C11H16N2O2/c1-2-3-7-15-8-4-11(14)10-9-12-5-6-13-10/h5-6,9H,2-4,7-8H2,1H3. The minimum atomic E-state index is -0.0143. The second kappa shape index (κ2) is 7.06. The Bertz CT molecular complexity index is 288. The molecule has 0 aliphatic carbocycles. The fraction of sp³-hybridized carbons (Fsp3) is 0.545. The molecule has 0 saturated carbocycles. The van der Waals surface area contributed by atoms with Crippen LogP contribution in [0.25, 0.3) is 0 Å². The molecule has 1 rings (SSSR count). The average Bonchev–Trinajstić information content (AvgIpc) is 2.30. The molecule has 0 N–H and O–H groups in total. The maximum atomic E-state index is 11.5. The fourth-order valence-electron chi connectivity index (χ4n) is 1.08. The van der Waals surface area contributed by atoms with E-state index in [9.17, 15) is 4.79 Å². The van der Waals surface area contributed by atoms with Crippen molar-refractivity contribution in [2.24, 2.45) is 0 Å². The van der Waals surface area contributed by atoms with Crippen molar-refractivity contribution in [2.45, 2.75) is 26.2 Å². The lowest BCUT2D eigenvalue weighted by molar-refractivity contribution is 0.0869. The number of ketones is 1. The molecule has 4 heteroatoms. The minimum absolute atomic E-state index is 0.0143. The van der Waals surface area contributed by atoms with Crippen molar-refractivity contribution in [1.29, 1.82) is 0 Å². The van der Waals surface area contributed by atoms with E-state index < -0.39 is 0 Å². The number of hydrogen-bond acceptors (Lipinski definition) is 4. The van der Waals surface area contributed by atoms with Gasteiger partial charge in [0.15, 0.2) is 5.78 Å². The zero-order valence-corrected chi connectivity index (χ0v) is 8.98. The number of rotatable bonds is 7. The Labute approximate surface area is 89.7 Å². The van der Waals surface area contributed by atoms with Crippen LogP contribution in [0.5, 0.6) is 0 Å². The minimum Gasteiger partial charge on any atom is -0.381 e. The van der Waals surface area contributed by atoms with Gasteiger partial charge in [0.05, 0.1) is 12.8 Å². The van der Waals surface area contributed by atoms with Crippen LogP contribution >= 0.6 is 0 Å². The summed E-state index contributed by atoms with van der Waals surface area (Å²) in [6.45, 7) is 3.30. The highest BCUT2D eigenvalue weighted by Gasteiger charge is 2.06. The van der Waals surface area contributed by atoms with E-state index in [1.54, 1.807) is 6.20 Å². The molecule has 4 nitrogen and oxygen atoms in total. The zero-order valence-electron chi connectivity index (χ0n) is 8.98. The largest absolute Gasteiger partial charge is 0.381 e. The Morgan fingerprint density at radius 1 is 1.40 bits per heavy atom. The normalized spacial score (nSPS) is 10.2. The van der Waals surface area contributed by atoms with E-state index in [1.807, 2.05) is 0 Å². The molecule has 82 valence electrons. The van der Waals surface area contributed by atoms with Gasteiger partial charge in [0.2, 0.25) is 0 Å². The second-order valence-electron chi connectivity index (χ2n) is 3.23. The van der Waals surface area contributed by atoms with Crippen molar-refractivity contribution >= 4 is 5.78 Å². The number of nitrogens with zero attached hydrogens (tertiary/aromatic N) is 2. The third-order valence-electron chi connectivity index (χ3n) is 1.96. The first-order valence-electron chi connectivity index (χ1n) is 5.21. The monoisotopic (exact) mass is 208 g/mol. The smallest absolute Gasteiger partial charge is 0.185 e. The van der Waals surface area contributed by atoms with E-state index in [-0.39, 0.29) is 5.78 Å². The van der Waals surface area contributed by atoms with Crippen molar-refractivity contribution in [3.8, 4) is 0 Å². The van der Waals surface area contributed by atoms with Crippen molar-refractivity contribution in [1.82, 2.24) is 9.97 Å². The SMILES string of the molecule is CCCCOCCC(=O)c1cnccn1. The van der Waals surface area contributed by atoms with Gasteiger partial charge in [-0.15, -0.1) is 0 Å². The number of carbonyl (C=O) groups is 1. The van der Waals surface area contributed by atoms with E-state index in [0.29, 0.717) is 18.7 Å². The Morgan fingerprint density at radius 2 is 2.27 bits per heavy atom. The fourth-order valence-corrected chi connectivity index (χ4v) is 1.08. The summed E-state index contributed by atoms with van der Waals surface area (Å²) in [7, 11) is 0. The highest BCUT2D eigenvalue weighted by atomic mass is 16.5. The van der Waals surface area contributed by atoms with Gasteiger partial charge in [-0.3, -0.25) is 9.78 Å². The van der Waals surface area contributed by atoms with Gasteiger partial charge in [0, 0.05) is 25.4 Å². The predicted octanol–water partition coefficient (Wildman–Crippen LogP) is 1.87. The van der Waals surface area contributed by atoms with Crippen LogP contribution in [0, 0.1) is 0 Å². The maximum Gasteiger partial charge on any atom is 0.185 e. The summed E-state index contributed by atoms with van der Waals surface area (Å²) in [6.07, 6.45) is 7.08. The molecular formula is C11H16N2O2. The summed E-state index contributed by atoms with van der Waals surface area (Å²) in [6, 6.07) is 0. The Hall–Kier alpha value is -1.29. The molecule has 0 saturated heterocycles. The van der Waals surface area contributed by atoms with Gasteiger partial charge >= 0.3 is 0 Å². The number of hydrogen-bond donors (Lipinski definition) is 0. The van der Waals surface area contributed by atoms with E-state index in [1.165, 1.54) is 12.4 Å². The van der Waals surface area contributed by atoms with Gasteiger partial charge in [-0.1, -0.05) is 13.3 Å². The third kappa shape index (κ3) is 4.65. The quantitative estimate of drug-likeness (QED) is 0.507. The first-order valence-corrected chi connectivity index (χ1v) is 5.21. The number of unbranched alkanes of at least 4 members (excludes halogenated alkanes) is 1. The topological polar surface area (TPSA) is 52.1 Å². The second-order valence-corrected chi connectivity index (χ2v) is 3.23. The van der Waals surface area contributed by atoms with Crippen LogP contribution in [0.4, 0.5) is 0 Å². The van der Waals surface area contributed by atoms with Crippen LogP contribution in [-0.2, 0) is 4.74 Å². The summed E-state index contributed by atoms with van der Waals surface area (Å²) in [5, 5.41) is 0. The van der Waals surface area contributed by atoms with Crippen molar-refractivity contribution in [3.05, 3.63) is 24.3 Å². The van der Waals surface area contributed by atoms with Gasteiger partial charge in [-0.25, -0.2) is 4.98 Å². The first kappa shape index (κ1) is 11.8. The number of ether oxygens (including phenoxy) is 1. The summed E-state index contributed by atoms with van der Waals surface area (Å²) < 4.78 is 5.30. The molecule has 15 heavy (non-hydrogen) atoms. The molecule has 1 aromatic heterocycles. The number of aromatic nitrogens is 2. The molecule has 0 unspecified atom stereocenters. The molecular weight excluding hydrogens is 192 g/mol. The highest BCUT2D eigenvalue weighted by molar-refractivity contribution is 5.93. The molecule has 0 bridgehead atoms. The van der Waals surface area contributed by atoms with Gasteiger partial charge < -0.3 is 4.74 Å². The lowest BCUT2D eigenvalue weighted by Gasteiger charge is -2.01. The van der Waals surface area contributed by atoms with Gasteiger partial charge in [-0.2, -0.15) is 0 Å².